The second-order valence-corrected chi connectivity index (χ2v) is 4.93. The number of hydrogen-bond donors (Lipinski definition) is 1. The summed E-state index contributed by atoms with van der Waals surface area (Å²) in [6.45, 7) is 8.51. The lowest BCUT2D eigenvalue weighted by Gasteiger charge is -2.18. The summed E-state index contributed by atoms with van der Waals surface area (Å²) in [5.74, 6) is 0.446. The van der Waals surface area contributed by atoms with Crippen LogP contribution in [0.3, 0.4) is 0 Å². The smallest absolute Gasteiger partial charge is 0.0641 e. The van der Waals surface area contributed by atoms with Crippen molar-refractivity contribution >= 4 is 0 Å². The molecule has 0 aliphatic heterocycles. The van der Waals surface area contributed by atoms with Gasteiger partial charge in [-0.25, -0.2) is 0 Å². The molecule has 90 valence electrons. The van der Waals surface area contributed by atoms with E-state index in [0.717, 1.165) is 31.3 Å². The highest BCUT2D eigenvalue weighted by molar-refractivity contribution is 5.11. The zero-order chi connectivity index (χ0) is 12.0. The SMILES string of the molecule is C=C(CO)[C@H]1C/C=C(\C)CCC=C(C)CC1. The van der Waals surface area contributed by atoms with Crippen molar-refractivity contribution in [2.45, 2.75) is 46.0 Å². The van der Waals surface area contributed by atoms with Crippen molar-refractivity contribution in [2.24, 2.45) is 5.92 Å². The van der Waals surface area contributed by atoms with Crippen LogP contribution in [0.5, 0.6) is 0 Å². The van der Waals surface area contributed by atoms with Gasteiger partial charge in [0, 0.05) is 0 Å². The van der Waals surface area contributed by atoms with Crippen LogP contribution in [0.2, 0.25) is 0 Å². The molecule has 0 aromatic carbocycles. The van der Waals surface area contributed by atoms with Gasteiger partial charge in [-0.3, -0.25) is 0 Å². The van der Waals surface area contributed by atoms with Crippen molar-refractivity contribution in [1.82, 2.24) is 0 Å². The summed E-state index contributed by atoms with van der Waals surface area (Å²) in [7, 11) is 0. The largest absolute Gasteiger partial charge is 0.392 e. The van der Waals surface area contributed by atoms with Gasteiger partial charge in [0.1, 0.15) is 0 Å². The summed E-state index contributed by atoms with van der Waals surface area (Å²) < 4.78 is 0. The number of aliphatic hydroxyl groups excluding tert-OH is 1. The van der Waals surface area contributed by atoms with Crippen molar-refractivity contribution in [1.29, 1.82) is 0 Å². The van der Waals surface area contributed by atoms with E-state index < -0.39 is 0 Å². The average molecular weight is 220 g/mol. The summed E-state index contributed by atoms with van der Waals surface area (Å²) in [5.41, 5.74) is 3.92. The molecule has 1 nitrogen and oxygen atoms in total. The van der Waals surface area contributed by atoms with Crippen LogP contribution < -0.4 is 0 Å². The van der Waals surface area contributed by atoms with E-state index in [1.54, 1.807) is 0 Å². The molecule has 0 radical (unpaired) electrons. The minimum Gasteiger partial charge on any atom is -0.392 e. The predicted octanol–water partition coefficient (Wildman–Crippen LogP) is 4.01. The van der Waals surface area contributed by atoms with Crippen molar-refractivity contribution in [2.75, 3.05) is 6.61 Å². The molecule has 0 amide bonds. The molecular formula is C15H24O. The second kappa shape index (κ2) is 6.70. The quantitative estimate of drug-likeness (QED) is 0.697. The van der Waals surface area contributed by atoms with Crippen molar-refractivity contribution in [3.05, 3.63) is 35.5 Å². The van der Waals surface area contributed by atoms with Crippen LogP contribution in [0.15, 0.2) is 35.5 Å². The van der Waals surface area contributed by atoms with E-state index in [-0.39, 0.29) is 6.61 Å². The maximum Gasteiger partial charge on any atom is 0.0641 e. The number of aliphatic hydroxyl groups is 1. The molecule has 0 unspecified atom stereocenters. The molecule has 0 aromatic heterocycles. The van der Waals surface area contributed by atoms with Crippen LogP contribution in [-0.2, 0) is 0 Å². The first-order valence-corrected chi connectivity index (χ1v) is 6.23. The summed E-state index contributed by atoms with van der Waals surface area (Å²) >= 11 is 0. The third-order valence-electron chi connectivity index (χ3n) is 3.45. The van der Waals surface area contributed by atoms with Gasteiger partial charge in [-0.1, -0.05) is 29.9 Å². The normalized spacial score (nSPS) is 26.6. The first kappa shape index (κ1) is 13.2. The topological polar surface area (TPSA) is 20.2 Å². The molecule has 0 aromatic rings. The Morgan fingerprint density at radius 1 is 1.31 bits per heavy atom. The first-order valence-electron chi connectivity index (χ1n) is 6.23. The zero-order valence-electron chi connectivity index (χ0n) is 10.6. The van der Waals surface area contributed by atoms with Crippen molar-refractivity contribution in [3.63, 3.8) is 0 Å². The number of hydrogen-bond acceptors (Lipinski definition) is 1. The van der Waals surface area contributed by atoms with E-state index in [1.165, 1.54) is 17.6 Å². The third kappa shape index (κ3) is 4.36. The van der Waals surface area contributed by atoms with E-state index in [4.69, 9.17) is 0 Å². The zero-order valence-corrected chi connectivity index (χ0v) is 10.6. The molecular weight excluding hydrogens is 196 g/mol. The molecule has 1 atom stereocenters. The molecule has 1 aliphatic carbocycles. The monoisotopic (exact) mass is 220 g/mol. The lowest BCUT2D eigenvalue weighted by molar-refractivity contribution is 0.311. The lowest BCUT2D eigenvalue weighted by Crippen LogP contribution is -2.07. The molecule has 0 spiro atoms. The van der Waals surface area contributed by atoms with E-state index >= 15 is 0 Å². The van der Waals surface area contributed by atoms with Gasteiger partial charge in [0.05, 0.1) is 6.61 Å². The minimum absolute atomic E-state index is 0.125. The Labute approximate surface area is 99.6 Å². The van der Waals surface area contributed by atoms with Gasteiger partial charge in [-0.05, 0) is 57.4 Å². The van der Waals surface area contributed by atoms with Crippen LogP contribution >= 0.6 is 0 Å². The standard InChI is InChI=1S/C15H24O/c1-12-5-4-6-13(2)8-10-15(9-7-12)14(3)11-16/h5,8,15-16H,3-4,6-7,9-11H2,1-2H3/b12-5?,13-8+/t15-/m1/s1. The van der Waals surface area contributed by atoms with Gasteiger partial charge in [-0.2, -0.15) is 0 Å². The van der Waals surface area contributed by atoms with Crippen molar-refractivity contribution in [3.8, 4) is 0 Å². The second-order valence-electron chi connectivity index (χ2n) is 4.93. The van der Waals surface area contributed by atoms with E-state index in [2.05, 4.69) is 32.6 Å². The Morgan fingerprint density at radius 3 is 2.69 bits per heavy atom. The maximum absolute atomic E-state index is 9.17. The fourth-order valence-electron chi connectivity index (χ4n) is 2.11. The Morgan fingerprint density at radius 2 is 2.00 bits per heavy atom. The molecule has 0 heterocycles. The van der Waals surface area contributed by atoms with E-state index in [0.29, 0.717) is 5.92 Å². The Kier molecular flexibility index (Phi) is 5.54. The minimum atomic E-state index is 0.125. The Balaban J connectivity index is 2.71. The van der Waals surface area contributed by atoms with Gasteiger partial charge in [0.15, 0.2) is 0 Å². The summed E-state index contributed by atoms with van der Waals surface area (Å²) in [4.78, 5) is 0. The van der Waals surface area contributed by atoms with E-state index in [1.807, 2.05) is 0 Å². The van der Waals surface area contributed by atoms with Gasteiger partial charge in [0.25, 0.3) is 0 Å². The molecule has 1 heteroatoms. The van der Waals surface area contributed by atoms with Crippen LogP contribution in [0.1, 0.15) is 46.0 Å². The summed E-state index contributed by atoms with van der Waals surface area (Å²) in [5, 5.41) is 9.17. The van der Waals surface area contributed by atoms with Crippen LogP contribution in [0, 0.1) is 5.92 Å². The molecule has 16 heavy (non-hydrogen) atoms. The van der Waals surface area contributed by atoms with E-state index in [9.17, 15) is 5.11 Å². The molecule has 0 bridgehead atoms. The number of rotatable bonds is 2. The first-order chi connectivity index (χ1) is 7.63. The Bertz CT molecular complexity index is 297. The highest BCUT2D eigenvalue weighted by Gasteiger charge is 2.11. The molecule has 0 saturated heterocycles. The maximum atomic E-state index is 9.17. The van der Waals surface area contributed by atoms with Gasteiger partial charge in [-0.15, -0.1) is 0 Å². The van der Waals surface area contributed by atoms with Gasteiger partial charge in [0.2, 0.25) is 0 Å². The molecule has 1 rings (SSSR count). The highest BCUT2D eigenvalue weighted by Crippen LogP contribution is 2.25. The van der Waals surface area contributed by atoms with Crippen molar-refractivity contribution < 1.29 is 5.11 Å². The van der Waals surface area contributed by atoms with Crippen LogP contribution in [-0.4, -0.2) is 11.7 Å². The average Bonchev–Trinajstić information content (AvgIpc) is 2.28. The summed E-state index contributed by atoms with van der Waals surface area (Å²) in [6.07, 6.45) is 10.3. The van der Waals surface area contributed by atoms with Gasteiger partial charge >= 0.3 is 0 Å². The fraction of sp³-hybridized carbons (Fsp3) is 0.600. The molecule has 0 fully saturated rings. The fourth-order valence-corrected chi connectivity index (χ4v) is 2.11. The predicted molar refractivity (Wildman–Crippen MR) is 70.3 cm³/mol. The lowest BCUT2D eigenvalue weighted by atomic mass is 9.88. The Hall–Kier alpha value is -0.820. The molecule has 1 aliphatic rings. The van der Waals surface area contributed by atoms with Crippen LogP contribution in [0.4, 0.5) is 0 Å². The third-order valence-corrected chi connectivity index (χ3v) is 3.45. The molecule has 1 N–H and O–H groups in total. The molecule has 0 saturated carbocycles. The highest BCUT2D eigenvalue weighted by atomic mass is 16.3. The summed E-state index contributed by atoms with van der Waals surface area (Å²) in [6, 6.07) is 0. The number of allylic oxidation sites excluding steroid dienone is 4. The van der Waals surface area contributed by atoms with Gasteiger partial charge < -0.3 is 5.11 Å². The van der Waals surface area contributed by atoms with Crippen LogP contribution in [0.25, 0.3) is 0 Å².